The van der Waals surface area contributed by atoms with Crippen molar-refractivity contribution in [3.8, 4) is 0 Å². The molecule has 0 bridgehead atoms. The average molecular weight is 352 g/mol. The SMILES string of the molecule is CC(CC(=O)NCCNC(=O)c1ccccc1Cl)C1CCCNC1. The second-order valence-electron chi connectivity index (χ2n) is 6.37. The lowest BCUT2D eigenvalue weighted by Gasteiger charge is -2.28. The van der Waals surface area contributed by atoms with Crippen LogP contribution in [0.2, 0.25) is 5.02 Å². The van der Waals surface area contributed by atoms with Crippen LogP contribution in [0.4, 0.5) is 0 Å². The maximum absolute atomic E-state index is 12.0. The van der Waals surface area contributed by atoms with Crippen LogP contribution in [0.15, 0.2) is 24.3 Å². The highest BCUT2D eigenvalue weighted by Gasteiger charge is 2.21. The largest absolute Gasteiger partial charge is 0.354 e. The van der Waals surface area contributed by atoms with Gasteiger partial charge in [-0.25, -0.2) is 0 Å². The van der Waals surface area contributed by atoms with Crippen molar-refractivity contribution in [3.05, 3.63) is 34.9 Å². The molecule has 2 rings (SSSR count). The van der Waals surface area contributed by atoms with Crippen molar-refractivity contribution in [1.82, 2.24) is 16.0 Å². The summed E-state index contributed by atoms with van der Waals surface area (Å²) in [6.07, 6.45) is 2.91. The predicted octanol–water partition coefficient (Wildman–Crippen LogP) is 2.21. The number of nitrogens with one attached hydrogen (secondary N) is 3. The summed E-state index contributed by atoms with van der Waals surface area (Å²) in [4.78, 5) is 24.0. The minimum Gasteiger partial charge on any atom is -0.354 e. The molecule has 1 aromatic rings. The predicted molar refractivity (Wildman–Crippen MR) is 96.2 cm³/mol. The van der Waals surface area contributed by atoms with Crippen LogP contribution >= 0.6 is 11.6 Å². The lowest BCUT2D eigenvalue weighted by atomic mass is 9.85. The Morgan fingerprint density at radius 3 is 2.75 bits per heavy atom. The van der Waals surface area contributed by atoms with Gasteiger partial charge in [-0.2, -0.15) is 0 Å². The molecular weight excluding hydrogens is 326 g/mol. The highest BCUT2D eigenvalue weighted by Crippen LogP contribution is 2.22. The first-order valence-corrected chi connectivity index (χ1v) is 8.96. The molecule has 1 aromatic carbocycles. The van der Waals surface area contributed by atoms with Crippen LogP contribution in [0, 0.1) is 11.8 Å². The molecule has 3 N–H and O–H groups in total. The maximum Gasteiger partial charge on any atom is 0.252 e. The Kier molecular flexibility index (Phi) is 7.53. The van der Waals surface area contributed by atoms with E-state index in [0.717, 1.165) is 13.1 Å². The highest BCUT2D eigenvalue weighted by atomic mass is 35.5. The summed E-state index contributed by atoms with van der Waals surface area (Å²) < 4.78 is 0. The summed E-state index contributed by atoms with van der Waals surface area (Å²) in [5.74, 6) is 0.761. The van der Waals surface area contributed by atoms with Crippen molar-refractivity contribution in [3.63, 3.8) is 0 Å². The van der Waals surface area contributed by atoms with E-state index in [4.69, 9.17) is 11.6 Å². The van der Waals surface area contributed by atoms with Gasteiger partial charge in [-0.15, -0.1) is 0 Å². The summed E-state index contributed by atoms with van der Waals surface area (Å²) in [7, 11) is 0. The van der Waals surface area contributed by atoms with E-state index in [1.165, 1.54) is 12.8 Å². The lowest BCUT2D eigenvalue weighted by Crippen LogP contribution is -2.38. The van der Waals surface area contributed by atoms with Gasteiger partial charge in [0.05, 0.1) is 10.6 Å². The van der Waals surface area contributed by atoms with Crippen LogP contribution in [-0.2, 0) is 4.79 Å². The first kappa shape index (κ1) is 18.7. The quantitative estimate of drug-likeness (QED) is 0.660. The fourth-order valence-electron chi connectivity index (χ4n) is 3.01. The van der Waals surface area contributed by atoms with Gasteiger partial charge in [-0.1, -0.05) is 30.7 Å². The van der Waals surface area contributed by atoms with Gasteiger partial charge >= 0.3 is 0 Å². The molecule has 0 radical (unpaired) electrons. The van der Waals surface area contributed by atoms with Crippen LogP contribution in [-0.4, -0.2) is 38.0 Å². The van der Waals surface area contributed by atoms with Crippen molar-refractivity contribution in [2.45, 2.75) is 26.2 Å². The van der Waals surface area contributed by atoms with E-state index in [1.54, 1.807) is 24.3 Å². The average Bonchev–Trinajstić information content (AvgIpc) is 2.59. The number of hydrogen-bond acceptors (Lipinski definition) is 3. The van der Waals surface area contributed by atoms with Crippen LogP contribution in [0.1, 0.15) is 36.5 Å². The zero-order chi connectivity index (χ0) is 17.4. The molecule has 132 valence electrons. The minimum atomic E-state index is -0.225. The Balaban J connectivity index is 1.64. The first-order valence-electron chi connectivity index (χ1n) is 8.58. The van der Waals surface area contributed by atoms with E-state index >= 15 is 0 Å². The molecule has 5 nitrogen and oxygen atoms in total. The molecule has 1 heterocycles. The standard InChI is InChI=1S/C18H26ClN3O2/c1-13(14-5-4-8-20-12-14)11-17(23)21-9-10-22-18(24)15-6-2-3-7-16(15)19/h2-3,6-7,13-14,20H,4-5,8-12H2,1H3,(H,21,23)(H,22,24). The molecule has 24 heavy (non-hydrogen) atoms. The maximum atomic E-state index is 12.0. The zero-order valence-electron chi connectivity index (χ0n) is 14.1. The number of amides is 2. The number of carbonyl (C=O) groups is 2. The van der Waals surface area contributed by atoms with Gasteiger partial charge in [0.1, 0.15) is 0 Å². The van der Waals surface area contributed by atoms with E-state index in [-0.39, 0.29) is 11.8 Å². The summed E-state index contributed by atoms with van der Waals surface area (Å²) in [6, 6.07) is 6.91. The van der Waals surface area contributed by atoms with Crippen LogP contribution < -0.4 is 16.0 Å². The van der Waals surface area contributed by atoms with Crippen LogP contribution in [0.3, 0.4) is 0 Å². The third-order valence-corrected chi connectivity index (χ3v) is 4.83. The molecule has 0 spiro atoms. The molecule has 1 aliphatic rings. The first-order chi connectivity index (χ1) is 11.6. The lowest BCUT2D eigenvalue weighted by molar-refractivity contribution is -0.122. The van der Waals surface area contributed by atoms with E-state index in [9.17, 15) is 9.59 Å². The van der Waals surface area contributed by atoms with E-state index < -0.39 is 0 Å². The van der Waals surface area contributed by atoms with Gasteiger partial charge in [0, 0.05) is 19.5 Å². The number of rotatable bonds is 7. The van der Waals surface area contributed by atoms with Crippen LogP contribution in [0.25, 0.3) is 0 Å². The number of hydrogen-bond donors (Lipinski definition) is 3. The van der Waals surface area contributed by atoms with Crippen molar-refractivity contribution in [2.24, 2.45) is 11.8 Å². The molecule has 2 atom stereocenters. The molecule has 1 aliphatic heterocycles. The minimum absolute atomic E-state index is 0.0417. The van der Waals surface area contributed by atoms with Gasteiger partial charge < -0.3 is 16.0 Å². The van der Waals surface area contributed by atoms with Gasteiger partial charge in [-0.3, -0.25) is 9.59 Å². The van der Waals surface area contributed by atoms with E-state index in [0.29, 0.717) is 41.9 Å². The highest BCUT2D eigenvalue weighted by molar-refractivity contribution is 6.33. The fourth-order valence-corrected chi connectivity index (χ4v) is 3.24. The molecule has 0 aliphatic carbocycles. The third-order valence-electron chi connectivity index (χ3n) is 4.50. The van der Waals surface area contributed by atoms with Crippen molar-refractivity contribution < 1.29 is 9.59 Å². The second kappa shape index (κ2) is 9.64. The summed E-state index contributed by atoms with van der Waals surface area (Å²) in [6.45, 7) is 5.03. The molecule has 6 heteroatoms. The smallest absolute Gasteiger partial charge is 0.252 e. The monoisotopic (exact) mass is 351 g/mol. The molecular formula is C18H26ClN3O2. The van der Waals surface area contributed by atoms with Gasteiger partial charge in [0.15, 0.2) is 0 Å². The summed E-state index contributed by atoms with van der Waals surface area (Å²) in [5, 5.41) is 9.44. The summed E-state index contributed by atoms with van der Waals surface area (Å²) in [5.41, 5.74) is 0.448. The van der Waals surface area contributed by atoms with Gasteiger partial charge in [0.25, 0.3) is 5.91 Å². The van der Waals surface area contributed by atoms with Crippen molar-refractivity contribution >= 4 is 23.4 Å². The number of piperidine rings is 1. The van der Waals surface area contributed by atoms with E-state index in [1.807, 2.05) is 0 Å². The molecule has 1 saturated heterocycles. The normalized spacial score (nSPS) is 18.7. The molecule has 0 aromatic heterocycles. The Hall–Kier alpha value is -1.59. The third kappa shape index (κ3) is 5.80. The molecule has 2 amide bonds. The number of halogens is 1. The Labute approximate surface area is 148 Å². The molecule has 1 fully saturated rings. The Morgan fingerprint density at radius 2 is 2.04 bits per heavy atom. The fraction of sp³-hybridized carbons (Fsp3) is 0.556. The zero-order valence-corrected chi connectivity index (χ0v) is 14.9. The number of carbonyl (C=O) groups excluding carboxylic acids is 2. The van der Waals surface area contributed by atoms with Crippen molar-refractivity contribution in [2.75, 3.05) is 26.2 Å². The van der Waals surface area contributed by atoms with E-state index in [2.05, 4.69) is 22.9 Å². The summed E-state index contributed by atoms with van der Waals surface area (Å²) >= 11 is 5.98. The second-order valence-corrected chi connectivity index (χ2v) is 6.78. The van der Waals surface area contributed by atoms with Gasteiger partial charge in [0.2, 0.25) is 5.91 Å². The molecule has 0 saturated carbocycles. The van der Waals surface area contributed by atoms with Gasteiger partial charge in [-0.05, 0) is 49.9 Å². The Morgan fingerprint density at radius 1 is 1.29 bits per heavy atom. The Bertz CT molecular complexity index is 559. The van der Waals surface area contributed by atoms with Crippen LogP contribution in [0.5, 0.6) is 0 Å². The molecule has 2 unspecified atom stereocenters. The van der Waals surface area contributed by atoms with Crippen molar-refractivity contribution in [1.29, 1.82) is 0 Å². The number of benzene rings is 1. The topological polar surface area (TPSA) is 70.2 Å².